The van der Waals surface area contributed by atoms with E-state index in [1.54, 1.807) is 0 Å². The van der Waals surface area contributed by atoms with Gasteiger partial charge in [-0.1, -0.05) is 130 Å². The van der Waals surface area contributed by atoms with Gasteiger partial charge in [0.2, 0.25) is 0 Å². The normalized spacial score (nSPS) is 13.2. The van der Waals surface area contributed by atoms with Crippen LogP contribution in [0.25, 0.3) is 0 Å². The predicted octanol–water partition coefficient (Wildman–Crippen LogP) is 9.01. The summed E-state index contributed by atoms with van der Waals surface area (Å²) in [5.74, 6) is 2.41. The molecule has 0 spiro atoms. The first-order valence-corrected chi connectivity index (χ1v) is 11.2. The minimum absolute atomic E-state index is 0.742. The fourth-order valence-corrected chi connectivity index (χ4v) is 3.96. The standard InChI is InChI=1S/C17H28.C8H18/c1-5-11-17(14(4)15(6-2)7-3)16-12-9-8-10-13-16;1-3-5-7-8-6-4-2/h8-10,12-15,17H,5-7,11H2,1-4H3;3-8H2,1-2H3. The molecule has 25 heavy (non-hydrogen) atoms. The molecule has 0 heteroatoms. The van der Waals surface area contributed by atoms with Crippen molar-refractivity contribution in [3.8, 4) is 0 Å². The molecule has 1 aromatic rings. The van der Waals surface area contributed by atoms with Crippen LogP contribution in [0.4, 0.5) is 0 Å². The number of hydrogen-bond acceptors (Lipinski definition) is 0. The smallest absolute Gasteiger partial charge is 0.0134 e. The lowest BCUT2D eigenvalue weighted by Gasteiger charge is -2.30. The van der Waals surface area contributed by atoms with Gasteiger partial charge in [-0.05, 0) is 29.7 Å². The molecule has 0 bridgehead atoms. The average molecular weight is 347 g/mol. The Hall–Kier alpha value is -0.780. The molecule has 0 saturated heterocycles. The molecule has 2 unspecified atom stereocenters. The summed E-state index contributed by atoms with van der Waals surface area (Å²) >= 11 is 0. The second kappa shape index (κ2) is 16.7. The highest BCUT2D eigenvalue weighted by Gasteiger charge is 2.23. The molecule has 2 atom stereocenters. The van der Waals surface area contributed by atoms with E-state index in [0.29, 0.717) is 0 Å². The van der Waals surface area contributed by atoms with Crippen molar-refractivity contribution in [2.75, 3.05) is 0 Å². The van der Waals surface area contributed by atoms with Crippen molar-refractivity contribution in [1.82, 2.24) is 0 Å². The zero-order chi connectivity index (χ0) is 18.9. The second-order valence-corrected chi connectivity index (χ2v) is 7.66. The van der Waals surface area contributed by atoms with E-state index in [1.807, 2.05) is 0 Å². The molecule has 0 nitrogen and oxygen atoms in total. The van der Waals surface area contributed by atoms with Gasteiger partial charge in [-0.15, -0.1) is 0 Å². The van der Waals surface area contributed by atoms with Crippen LogP contribution < -0.4 is 0 Å². The minimum Gasteiger partial charge on any atom is -0.0654 e. The van der Waals surface area contributed by atoms with Gasteiger partial charge in [0.15, 0.2) is 0 Å². The van der Waals surface area contributed by atoms with E-state index in [1.165, 1.54) is 69.8 Å². The average Bonchev–Trinajstić information content (AvgIpc) is 2.65. The molecule has 0 aromatic heterocycles. The summed E-state index contributed by atoms with van der Waals surface area (Å²) in [5, 5.41) is 0. The first-order valence-electron chi connectivity index (χ1n) is 11.2. The molecule has 0 saturated carbocycles. The first-order chi connectivity index (χ1) is 12.2. The van der Waals surface area contributed by atoms with Crippen molar-refractivity contribution in [2.45, 2.75) is 112 Å². The van der Waals surface area contributed by atoms with Crippen molar-refractivity contribution in [1.29, 1.82) is 0 Å². The summed E-state index contributed by atoms with van der Waals surface area (Å²) in [7, 11) is 0. The van der Waals surface area contributed by atoms with Crippen LogP contribution in [0.1, 0.15) is 117 Å². The Kier molecular flexibility index (Phi) is 16.2. The predicted molar refractivity (Wildman–Crippen MR) is 116 cm³/mol. The van der Waals surface area contributed by atoms with E-state index in [9.17, 15) is 0 Å². The van der Waals surface area contributed by atoms with E-state index in [-0.39, 0.29) is 0 Å². The van der Waals surface area contributed by atoms with Crippen LogP contribution in [0.15, 0.2) is 30.3 Å². The van der Waals surface area contributed by atoms with Gasteiger partial charge in [-0.2, -0.15) is 0 Å². The third-order valence-corrected chi connectivity index (χ3v) is 5.71. The maximum absolute atomic E-state index is 2.45. The van der Waals surface area contributed by atoms with Crippen molar-refractivity contribution >= 4 is 0 Å². The van der Waals surface area contributed by atoms with Crippen molar-refractivity contribution < 1.29 is 0 Å². The van der Waals surface area contributed by atoms with E-state index in [0.717, 1.165) is 17.8 Å². The molecular weight excluding hydrogens is 300 g/mol. The van der Waals surface area contributed by atoms with Gasteiger partial charge >= 0.3 is 0 Å². The third kappa shape index (κ3) is 10.7. The lowest BCUT2D eigenvalue weighted by atomic mass is 9.75. The highest BCUT2D eigenvalue weighted by molar-refractivity contribution is 5.20. The molecule has 0 fully saturated rings. The maximum atomic E-state index is 2.45. The summed E-state index contributed by atoms with van der Waals surface area (Å²) in [6, 6.07) is 11.1. The summed E-state index contributed by atoms with van der Waals surface area (Å²) in [5.41, 5.74) is 1.54. The van der Waals surface area contributed by atoms with E-state index < -0.39 is 0 Å². The minimum atomic E-state index is 0.742. The largest absolute Gasteiger partial charge is 0.0654 e. The SMILES string of the molecule is CCCC(c1ccccc1)C(C)C(CC)CC.CCCCCCCC. The van der Waals surface area contributed by atoms with E-state index in [4.69, 9.17) is 0 Å². The quantitative estimate of drug-likeness (QED) is 0.331. The molecule has 0 aliphatic carbocycles. The van der Waals surface area contributed by atoms with Gasteiger partial charge in [0.1, 0.15) is 0 Å². The van der Waals surface area contributed by atoms with Gasteiger partial charge in [0, 0.05) is 0 Å². The topological polar surface area (TPSA) is 0 Å². The van der Waals surface area contributed by atoms with Crippen LogP contribution in [0.2, 0.25) is 0 Å². The number of rotatable bonds is 12. The summed E-state index contributed by atoms with van der Waals surface area (Å²) < 4.78 is 0. The Morgan fingerprint density at radius 3 is 1.60 bits per heavy atom. The monoisotopic (exact) mass is 346 g/mol. The van der Waals surface area contributed by atoms with Gasteiger partial charge in [-0.3, -0.25) is 0 Å². The zero-order valence-electron chi connectivity index (χ0n) is 18.2. The lowest BCUT2D eigenvalue weighted by molar-refractivity contribution is 0.276. The Bertz CT molecular complexity index is 357. The second-order valence-electron chi connectivity index (χ2n) is 7.66. The van der Waals surface area contributed by atoms with Gasteiger partial charge in [0.25, 0.3) is 0 Å². The fourth-order valence-electron chi connectivity index (χ4n) is 3.96. The highest BCUT2D eigenvalue weighted by Crippen LogP contribution is 2.36. The molecular formula is C25H46. The molecule has 0 amide bonds. The number of hydrogen-bond donors (Lipinski definition) is 0. The van der Waals surface area contributed by atoms with Crippen LogP contribution in [-0.4, -0.2) is 0 Å². The van der Waals surface area contributed by atoms with Crippen LogP contribution in [0, 0.1) is 11.8 Å². The Labute approximate surface area is 159 Å². The Morgan fingerprint density at radius 2 is 1.20 bits per heavy atom. The van der Waals surface area contributed by atoms with Crippen molar-refractivity contribution in [3.63, 3.8) is 0 Å². The molecule has 0 aliphatic heterocycles. The number of unbranched alkanes of at least 4 members (excludes halogenated alkanes) is 5. The molecule has 1 aromatic carbocycles. The van der Waals surface area contributed by atoms with Crippen LogP contribution >= 0.6 is 0 Å². The highest BCUT2D eigenvalue weighted by atomic mass is 14.3. The van der Waals surface area contributed by atoms with Gasteiger partial charge in [0.05, 0.1) is 0 Å². The molecule has 0 radical (unpaired) electrons. The molecule has 0 heterocycles. The molecule has 0 aliphatic rings. The van der Waals surface area contributed by atoms with E-state index in [2.05, 4.69) is 71.9 Å². The Morgan fingerprint density at radius 1 is 0.680 bits per heavy atom. The molecule has 1 rings (SSSR count). The summed E-state index contributed by atoms with van der Waals surface area (Å²) in [4.78, 5) is 0. The maximum Gasteiger partial charge on any atom is -0.0134 e. The lowest BCUT2D eigenvalue weighted by Crippen LogP contribution is -2.18. The molecule has 146 valence electrons. The summed E-state index contributed by atoms with van der Waals surface area (Å²) in [6.07, 6.45) is 13.7. The van der Waals surface area contributed by atoms with Crippen LogP contribution in [0.3, 0.4) is 0 Å². The Balaban J connectivity index is 0.000000609. The summed E-state index contributed by atoms with van der Waals surface area (Å²) in [6.45, 7) is 13.9. The number of benzene rings is 1. The van der Waals surface area contributed by atoms with Gasteiger partial charge in [-0.25, -0.2) is 0 Å². The van der Waals surface area contributed by atoms with Crippen LogP contribution in [-0.2, 0) is 0 Å². The van der Waals surface area contributed by atoms with Crippen LogP contribution in [0.5, 0.6) is 0 Å². The van der Waals surface area contributed by atoms with Crippen molar-refractivity contribution in [3.05, 3.63) is 35.9 Å². The van der Waals surface area contributed by atoms with Gasteiger partial charge < -0.3 is 0 Å². The third-order valence-electron chi connectivity index (χ3n) is 5.71. The zero-order valence-corrected chi connectivity index (χ0v) is 18.2. The van der Waals surface area contributed by atoms with E-state index >= 15 is 0 Å². The first kappa shape index (κ1) is 24.2. The fraction of sp³-hybridized carbons (Fsp3) is 0.760. The van der Waals surface area contributed by atoms with Crippen molar-refractivity contribution in [2.24, 2.45) is 11.8 Å². The molecule has 0 N–H and O–H groups in total.